The summed E-state index contributed by atoms with van der Waals surface area (Å²) < 4.78 is 5.84. The van der Waals surface area contributed by atoms with Gasteiger partial charge in [0.2, 0.25) is 0 Å². The van der Waals surface area contributed by atoms with Gasteiger partial charge in [-0.3, -0.25) is 0 Å². The van der Waals surface area contributed by atoms with E-state index in [1.54, 1.807) is 38.5 Å². The molecule has 0 N–H and O–H groups in total. The van der Waals surface area contributed by atoms with Gasteiger partial charge >= 0.3 is 0 Å². The van der Waals surface area contributed by atoms with Crippen LogP contribution in [-0.4, -0.2) is 49.8 Å². The van der Waals surface area contributed by atoms with Crippen molar-refractivity contribution in [2.24, 2.45) is 35.5 Å². The fourth-order valence-electron chi connectivity index (χ4n) is 12.9. The Hall–Kier alpha value is 0.354. The lowest BCUT2D eigenvalue weighted by atomic mass is 9.73. The van der Waals surface area contributed by atoms with Crippen molar-refractivity contribution in [1.82, 2.24) is 9.13 Å². The molecule has 0 amide bonds. The highest BCUT2D eigenvalue weighted by atomic mass is 28.3. The molecule has 0 aliphatic heterocycles. The monoisotopic (exact) mass is 617 g/mol. The van der Waals surface area contributed by atoms with Gasteiger partial charge in [0.25, 0.3) is 0 Å². The predicted octanol–water partition coefficient (Wildman–Crippen LogP) is 11.6. The van der Waals surface area contributed by atoms with E-state index < -0.39 is 16.5 Å². The molecule has 5 aliphatic carbocycles. The van der Waals surface area contributed by atoms with Gasteiger partial charge in [0, 0.05) is 11.1 Å². The first-order valence-corrected chi connectivity index (χ1v) is 25.2. The van der Waals surface area contributed by atoms with Gasteiger partial charge in [-0.15, -0.1) is 0 Å². The van der Waals surface area contributed by atoms with E-state index in [1.165, 1.54) is 64.5 Å². The normalized spacial score (nSPS) is 35.9. The van der Waals surface area contributed by atoms with Gasteiger partial charge in [0.1, 0.15) is 16.5 Å². The maximum absolute atomic E-state index is 2.97. The third-order valence-electron chi connectivity index (χ3n) is 13.9. The standard InChI is InChI=1S/C21H41NSi.C17H35NSi/c1-7-22(21(2,3)4)23(5,6)20-18-14-10-8-12-16(18)17-13-9-11-15-19(17)20;1-7-18(17(2,3)4)19(5,6)16-12-14-10-8-9-11-15(14)13-16/h16-20H,7-15H2,1-6H3;14-16H,7-13H2,1-6H3. The van der Waals surface area contributed by atoms with Crippen LogP contribution >= 0.6 is 0 Å². The maximum atomic E-state index is 2.97. The Balaban J connectivity index is 0.000000197. The van der Waals surface area contributed by atoms with Crippen LogP contribution in [0.25, 0.3) is 0 Å². The molecule has 0 bridgehead atoms. The third-order valence-corrected chi connectivity index (χ3v) is 23.6. The highest BCUT2D eigenvalue weighted by Crippen LogP contribution is 2.63. The van der Waals surface area contributed by atoms with Gasteiger partial charge < -0.3 is 9.13 Å². The Kier molecular flexibility index (Phi) is 11.4. The second-order valence-corrected chi connectivity index (χ2v) is 28.0. The summed E-state index contributed by atoms with van der Waals surface area (Å²) in [5, 5.41) is 0. The molecule has 5 aliphatic rings. The number of fused-ring (bicyclic) bond motifs is 4. The molecule has 0 heterocycles. The fourth-order valence-corrected chi connectivity index (χ4v) is 23.5. The first-order valence-electron chi connectivity index (χ1n) is 19.1. The smallest absolute Gasteiger partial charge is 0.126 e. The van der Waals surface area contributed by atoms with Gasteiger partial charge in [-0.25, -0.2) is 0 Å². The van der Waals surface area contributed by atoms with Crippen molar-refractivity contribution in [2.75, 3.05) is 13.1 Å². The van der Waals surface area contributed by atoms with Crippen LogP contribution in [0.2, 0.25) is 37.3 Å². The van der Waals surface area contributed by atoms with Crippen LogP contribution < -0.4 is 0 Å². The molecule has 2 nitrogen and oxygen atoms in total. The van der Waals surface area contributed by atoms with Crippen LogP contribution in [0.3, 0.4) is 0 Å². The molecule has 246 valence electrons. The third kappa shape index (κ3) is 7.17. The largest absolute Gasteiger partial charge is 0.319 e. The molecule has 0 saturated heterocycles. The molecule has 5 saturated carbocycles. The van der Waals surface area contributed by atoms with Crippen LogP contribution in [0.1, 0.15) is 145 Å². The van der Waals surface area contributed by atoms with Crippen LogP contribution in [0.15, 0.2) is 0 Å². The Morgan fingerprint density at radius 3 is 1.19 bits per heavy atom. The summed E-state index contributed by atoms with van der Waals surface area (Å²) in [7, 11) is -2.71. The Labute approximate surface area is 267 Å². The van der Waals surface area contributed by atoms with E-state index in [9.17, 15) is 0 Å². The minimum Gasteiger partial charge on any atom is -0.319 e. The van der Waals surface area contributed by atoms with E-state index in [0.29, 0.717) is 11.1 Å². The average Bonchev–Trinajstić information content (AvgIpc) is 3.48. The summed E-state index contributed by atoms with van der Waals surface area (Å²) in [5.74, 6) is 6.53. The molecule has 4 heteroatoms. The maximum Gasteiger partial charge on any atom is 0.126 e. The molecule has 0 radical (unpaired) electrons. The molecule has 5 fully saturated rings. The van der Waals surface area contributed by atoms with E-state index >= 15 is 0 Å². The number of nitrogens with zero attached hydrogens (tertiary/aromatic N) is 2. The van der Waals surface area contributed by atoms with Gasteiger partial charge in [0.05, 0.1) is 0 Å². The molecule has 0 aromatic carbocycles. The van der Waals surface area contributed by atoms with Crippen molar-refractivity contribution in [3.63, 3.8) is 0 Å². The Bertz CT molecular complexity index is 818. The molecule has 6 unspecified atom stereocenters. The zero-order chi connectivity index (χ0) is 31.1. The molecule has 6 atom stereocenters. The van der Waals surface area contributed by atoms with E-state index in [4.69, 9.17) is 0 Å². The topological polar surface area (TPSA) is 6.48 Å². The second kappa shape index (κ2) is 13.6. The van der Waals surface area contributed by atoms with E-state index in [-0.39, 0.29) is 0 Å². The molecule has 0 aromatic heterocycles. The van der Waals surface area contributed by atoms with E-state index in [2.05, 4.69) is 90.7 Å². The van der Waals surface area contributed by atoms with Crippen molar-refractivity contribution in [3.8, 4) is 0 Å². The van der Waals surface area contributed by atoms with E-state index in [0.717, 1.165) is 46.6 Å². The van der Waals surface area contributed by atoms with Crippen molar-refractivity contribution in [3.05, 3.63) is 0 Å². The average molecular weight is 617 g/mol. The van der Waals surface area contributed by atoms with E-state index in [1.807, 2.05) is 0 Å². The lowest BCUT2D eigenvalue weighted by Crippen LogP contribution is -2.61. The predicted molar refractivity (Wildman–Crippen MR) is 192 cm³/mol. The van der Waals surface area contributed by atoms with Crippen molar-refractivity contribution in [1.29, 1.82) is 0 Å². The van der Waals surface area contributed by atoms with Gasteiger partial charge in [-0.1, -0.05) is 104 Å². The first-order chi connectivity index (χ1) is 19.5. The van der Waals surface area contributed by atoms with Gasteiger partial charge in [-0.2, -0.15) is 0 Å². The lowest BCUT2D eigenvalue weighted by Gasteiger charge is -2.52. The minimum absolute atomic E-state index is 0.335. The first kappa shape index (κ1) is 35.2. The summed E-state index contributed by atoms with van der Waals surface area (Å²) in [4.78, 5) is 0. The molecular weight excluding hydrogens is 541 g/mol. The van der Waals surface area contributed by atoms with Crippen molar-refractivity contribution in [2.45, 2.75) is 194 Å². The summed E-state index contributed by atoms with van der Waals surface area (Å²) in [6.07, 6.45) is 21.5. The quantitative estimate of drug-likeness (QED) is 0.274. The Morgan fingerprint density at radius 2 is 0.833 bits per heavy atom. The van der Waals surface area contributed by atoms with Crippen molar-refractivity contribution >= 4 is 16.5 Å². The van der Waals surface area contributed by atoms with Crippen LogP contribution in [0, 0.1) is 35.5 Å². The Morgan fingerprint density at radius 1 is 0.500 bits per heavy atom. The van der Waals surface area contributed by atoms with Crippen LogP contribution in [0.4, 0.5) is 0 Å². The summed E-state index contributed by atoms with van der Waals surface area (Å²) >= 11 is 0. The fraction of sp³-hybridized carbons (Fsp3) is 1.00. The minimum atomic E-state index is -1.42. The van der Waals surface area contributed by atoms with Crippen LogP contribution in [-0.2, 0) is 0 Å². The highest BCUT2D eigenvalue weighted by molar-refractivity contribution is 6.76. The lowest BCUT2D eigenvalue weighted by molar-refractivity contribution is 0.184. The molecule has 5 rings (SSSR count). The van der Waals surface area contributed by atoms with Gasteiger partial charge in [0.15, 0.2) is 0 Å². The van der Waals surface area contributed by atoms with Gasteiger partial charge in [-0.05, 0) is 127 Å². The number of hydrogen-bond donors (Lipinski definition) is 0. The molecular formula is C38H76N2Si2. The number of rotatable bonds is 6. The summed E-state index contributed by atoms with van der Waals surface area (Å²) in [6, 6.07) is 0. The summed E-state index contributed by atoms with van der Waals surface area (Å²) in [6.45, 7) is 32.6. The SMILES string of the molecule is CCN(C(C)(C)C)[Si](C)(C)C1C2CCCCC2C2CCCCC21.CCN(C(C)(C)C)[Si](C)(C)C1CC2CCCCC2C1. The summed E-state index contributed by atoms with van der Waals surface area (Å²) in [5.41, 5.74) is 2.79. The van der Waals surface area contributed by atoms with Crippen molar-refractivity contribution < 1.29 is 0 Å². The number of hydrogen-bond acceptors (Lipinski definition) is 2. The molecule has 0 aromatic rings. The van der Waals surface area contributed by atoms with Crippen LogP contribution in [0.5, 0.6) is 0 Å². The highest BCUT2D eigenvalue weighted by Gasteiger charge is 2.58. The molecule has 42 heavy (non-hydrogen) atoms. The second-order valence-electron chi connectivity index (χ2n) is 18.9. The molecule has 0 spiro atoms. The zero-order valence-electron chi connectivity index (χ0n) is 30.8. The zero-order valence-corrected chi connectivity index (χ0v) is 32.8.